The summed E-state index contributed by atoms with van der Waals surface area (Å²) >= 11 is 5.75. The Kier molecular flexibility index (Phi) is 5.05. The number of anilines is 1. The maximum absolute atomic E-state index is 11.1. The zero-order valence-corrected chi connectivity index (χ0v) is 11.4. The van der Waals surface area contributed by atoms with Crippen LogP contribution in [0.4, 0.5) is 11.5 Å². The van der Waals surface area contributed by atoms with E-state index in [4.69, 9.17) is 17.3 Å². The second-order valence-corrected chi connectivity index (χ2v) is 4.89. The number of hydrogen-bond donors (Lipinski definition) is 1. The number of halogens is 1. The van der Waals surface area contributed by atoms with E-state index in [0.29, 0.717) is 6.54 Å². The van der Waals surface area contributed by atoms with E-state index in [-0.39, 0.29) is 29.1 Å². The van der Waals surface area contributed by atoms with E-state index in [0.717, 1.165) is 6.07 Å². The Balaban J connectivity index is 3.13. The molecule has 0 atom stereocenters. The smallest absolute Gasteiger partial charge is 0.276 e. The molecule has 0 radical (unpaired) electrons. The fourth-order valence-corrected chi connectivity index (χ4v) is 1.80. The highest BCUT2D eigenvalue weighted by molar-refractivity contribution is 6.29. The molecule has 0 spiro atoms. The number of nitro groups is 1. The van der Waals surface area contributed by atoms with Crippen LogP contribution >= 0.6 is 11.6 Å². The van der Waals surface area contributed by atoms with Crippen LogP contribution in [0.25, 0.3) is 0 Å². The van der Waals surface area contributed by atoms with Gasteiger partial charge in [-0.25, -0.2) is 4.98 Å². The number of pyridine rings is 1. The number of amides is 1. The summed E-state index contributed by atoms with van der Waals surface area (Å²) in [5.41, 5.74) is 4.99. The molecule has 2 N–H and O–H groups in total. The number of aromatic nitrogens is 1. The molecule has 0 saturated heterocycles. The maximum Gasteiger partial charge on any atom is 0.276 e. The standard InChI is InChI=1S/C11H15ClN4O3/c1-7(2)5-15(6-10(13)17)11-4-8(16(18)19)3-9(12)14-11/h3-4,7H,5-6H2,1-2H3,(H2,13,17). The first-order chi connectivity index (χ1) is 8.79. The molecule has 0 fully saturated rings. The molecule has 1 aromatic rings. The van der Waals surface area contributed by atoms with Gasteiger partial charge in [-0.3, -0.25) is 14.9 Å². The Morgan fingerprint density at radius 3 is 2.68 bits per heavy atom. The summed E-state index contributed by atoms with van der Waals surface area (Å²) in [6, 6.07) is 2.43. The Labute approximate surface area is 115 Å². The van der Waals surface area contributed by atoms with Crippen molar-refractivity contribution < 1.29 is 9.72 Å². The lowest BCUT2D eigenvalue weighted by Gasteiger charge is -2.24. The van der Waals surface area contributed by atoms with Crippen molar-refractivity contribution in [3.05, 3.63) is 27.4 Å². The van der Waals surface area contributed by atoms with E-state index in [1.54, 1.807) is 4.90 Å². The zero-order chi connectivity index (χ0) is 14.6. The predicted octanol–water partition coefficient (Wildman–Crippen LogP) is 1.59. The van der Waals surface area contributed by atoms with Gasteiger partial charge in [0.2, 0.25) is 5.91 Å². The Hall–Kier alpha value is -1.89. The van der Waals surface area contributed by atoms with Gasteiger partial charge in [0.05, 0.1) is 23.6 Å². The van der Waals surface area contributed by atoms with Gasteiger partial charge in [0.15, 0.2) is 0 Å². The van der Waals surface area contributed by atoms with E-state index in [2.05, 4.69) is 4.98 Å². The van der Waals surface area contributed by atoms with Crippen molar-refractivity contribution in [2.75, 3.05) is 18.0 Å². The van der Waals surface area contributed by atoms with Gasteiger partial charge in [-0.05, 0) is 5.92 Å². The third-order valence-corrected chi connectivity index (χ3v) is 2.43. The summed E-state index contributed by atoms with van der Waals surface area (Å²) in [4.78, 5) is 26.9. The van der Waals surface area contributed by atoms with Crippen LogP contribution in [0.3, 0.4) is 0 Å². The minimum Gasteiger partial charge on any atom is -0.368 e. The second kappa shape index (κ2) is 6.33. The van der Waals surface area contributed by atoms with Crippen molar-refractivity contribution in [3.8, 4) is 0 Å². The quantitative estimate of drug-likeness (QED) is 0.486. The summed E-state index contributed by atoms with van der Waals surface area (Å²) in [5.74, 6) is -0.0315. The summed E-state index contributed by atoms with van der Waals surface area (Å²) < 4.78 is 0. The van der Waals surface area contributed by atoms with E-state index in [9.17, 15) is 14.9 Å². The van der Waals surface area contributed by atoms with Gasteiger partial charge < -0.3 is 10.6 Å². The van der Waals surface area contributed by atoms with Crippen molar-refractivity contribution in [3.63, 3.8) is 0 Å². The molecular formula is C11H15ClN4O3. The third kappa shape index (κ3) is 4.70. The largest absolute Gasteiger partial charge is 0.368 e. The average Bonchev–Trinajstić information content (AvgIpc) is 2.25. The second-order valence-electron chi connectivity index (χ2n) is 4.50. The molecule has 1 rings (SSSR count). The van der Waals surface area contributed by atoms with Crippen LogP contribution < -0.4 is 10.6 Å². The van der Waals surface area contributed by atoms with Crippen molar-refractivity contribution in [1.29, 1.82) is 0 Å². The van der Waals surface area contributed by atoms with E-state index in [1.165, 1.54) is 6.07 Å². The minimum absolute atomic E-state index is 0.00225. The van der Waals surface area contributed by atoms with Gasteiger partial charge in [-0.1, -0.05) is 25.4 Å². The molecule has 19 heavy (non-hydrogen) atoms. The Morgan fingerprint density at radius 2 is 2.21 bits per heavy atom. The Morgan fingerprint density at radius 1 is 1.58 bits per heavy atom. The van der Waals surface area contributed by atoms with Crippen molar-refractivity contribution in [2.24, 2.45) is 11.7 Å². The molecular weight excluding hydrogens is 272 g/mol. The zero-order valence-electron chi connectivity index (χ0n) is 10.7. The topological polar surface area (TPSA) is 102 Å². The number of nitrogens with zero attached hydrogens (tertiary/aromatic N) is 3. The third-order valence-electron chi connectivity index (χ3n) is 2.23. The van der Waals surface area contributed by atoms with Crippen molar-refractivity contribution >= 4 is 29.0 Å². The lowest BCUT2D eigenvalue weighted by atomic mass is 10.2. The molecule has 0 aromatic carbocycles. The molecule has 0 aliphatic carbocycles. The van der Waals surface area contributed by atoms with Gasteiger partial charge in [-0.15, -0.1) is 0 Å². The van der Waals surface area contributed by atoms with E-state index in [1.807, 2.05) is 13.8 Å². The average molecular weight is 287 g/mol. The van der Waals surface area contributed by atoms with Crippen LogP contribution in [-0.4, -0.2) is 28.9 Å². The van der Waals surface area contributed by atoms with Crippen LogP contribution in [-0.2, 0) is 4.79 Å². The molecule has 8 heteroatoms. The number of rotatable bonds is 6. The summed E-state index contributed by atoms with van der Waals surface area (Å²) in [5, 5.41) is 10.8. The molecule has 0 aliphatic rings. The van der Waals surface area contributed by atoms with Crippen LogP contribution in [0.15, 0.2) is 12.1 Å². The highest BCUT2D eigenvalue weighted by Gasteiger charge is 2.17. The first-order valence-corrected chi connectivity index (χ1v) is 6.02. The molecule has 0 unspecified atom stereocenters. The molecule has 7 nitrogen and oxygen atoms in total. The number of carbonyl (C=O) groups excluding carboxylic acids is 1. The lowest BCUT2D eigenvalue weighted by Crippen LogP contribution is -2.36. The molecule has 104 valence electrons. The SMILES string of the molecule is CC(C)CN(CC(N)=O)c1cc([N+](=O)[O-])cc(Cl)n1. The lowest BCUT2D eigenvalue weighted by molar-refractivity contribution is -0.384. The summed E-state index contributed by atoms with van der Waals surface area (Å²) in [6.45, 7) is 4.33. The molecule has 0 saturated carbocycles. The van der Waals surface area contributed by atoms with Crippen LogP contribution in [0, 0.1) is 16.0 Å². The molecule has 1 heterocycles. The normalized spacial score (nSPS) is 10.5. The Bertz CT molecular complexity index is 493. The fourth-order valence-electron chi connectivity index (χ4n) is 1.61. The highest BCUT2D eigenvalue weighted by atomic mass is 35.5. The van der Waals surface area contributed by atoms with Gasteiger partial charge in [0.25, 0.3) is 5.69 Å². The van der Waals surface area contributed by atoms with Crippen LogP contribution in [0.2, 0.25) is 5.15 Å². The first kappa shape index (κ1) is 15.2. The number of hydrogen-bond acceptors (Lipinski definition) is 5. The monoisotopic (exact) mass is 286 g/mol. The molecule has 1 amide bonds. The number of primary amides is 1. The van der Waals surface area contributed by atoms with Gasteiger partial charge >= 0.3 is 0 Å². The fraction of sp³-hybridized carbons (Fsp3) is 0.455. The molecule has 1 aromatic heterocycles. The summed E-state index contributed by atoms with van der Waals surface area (Å²) in [6.07, 6.45) is 0. The van der Waals surface area contributed by atoms with Crippen LogP contribution in [0.1, 0.15) is 13.8 Å². The summed E-state index contributed by atoms with van der Waals surface area (Å²) in [7, 11) is 0. The van der Waals surface area contributed by atoms with Gasteiger partial charge in [-0.2, -0.15) is 0 Å². The molecule has 0 bridgehead atoms. The van der Waals surface area contributed by atoms with E-state index >= 15 is 0 Å². The van der Waals surface area contributed by atoms with Crippen molar-refractivity contribution in [1.82, 2.24) is 4.98 Å². The van der Waals surface area contributed by atoms with Gasteiger partial charge in [0, 0.05) is 6.54 Å². The molecule has 0 aliphatic heterocycles. The van der Waals surface area contributed by atoms with Gasteiger partial charge in [0.1, 0.15) is 11.0 Å². The highest BCUT2D eigenvalue weighted by Crippen LogP contribution is 2.23. The number of carbonyl (C=O) groups is 1. The predicted molar refractivity (Wildman–Crippen MR) is 72.1 cm³/mol. The minimum atomic E-state index is -0.561. The van der Waals surface area contributed by atoms with Crippen molar-refractivity contribution in [2.45, 2.75) is 13.8 Å². The number of nitrogens with two attached hydrogens (primary N) is 1. The first-order valence-electron chi connectivity index (χ1n) is 5.65. The van der Waals surface area contributed by atoms with E-state index < -0.39 is 10.8 Å². The maximum atomic E-state index is 11.1. The van der Waals surface area contributed by atoms with Crippen LogP contribution in [0.5, 0.6) is 0 Å².